The van der Waals surface area contributed by atoms with E-state index in [-0.39, 0.29) is 31.3 Å². The number of carbonyl (C=O) groups is 2. The van der Waals surface area contributed by atoms with E-state index in [9.17, 15) is 19.8 Å². The average Bonchev–Trinajstić information content (AvgIpc) is 3.30. The van der Waals surface area contributed by atoms with Crippen LogP contribution in [0.25, 0.3) is 0 Å². The third kappa shape index (κ3) is 46.8. The zero-order valence-corrected chi connectivity index (χ0v) is 42.1. The van der Waals surface area contributed by atoms with E-state index < -0.39 is 18.2 Å². The lowest BCUT2D eigenvalue weighted by molar-refractivity contribution is -0.148. The molecule has 1 amide bonds. The molecule has 0 saturated carbocycles. The lowest BCUT2D eigenvalue weighted by atomic mass is 10.0. The van der Waals surface area contributed by atoms with Gasteiger partial charge in [0.25, 0.3) is 0 Å². The van der Waals surface area contributed by atoms with Crippen molar-refractivity contribution in [2.75, 3.05) is 6.61 Å². The van der Waals surface area contributed by atoms with Crippen molar-refractivity contribution < 1.29 is 24.5 Å². The molecule has 0 saturated heterocycles. The third-order valence-corrected chi connectivity index (χ3v) is 11.3. The molecule has 0 aromatic heterocycles. The second-order valence-corrected chi connectivity index (χ2v) is 17.5. The fourth-order valence-electron chi connectivity index (χ4n) is 7.32. The summed E-state index contributed by atoms with van der Waals surface area (Å²) in [5.74, 6) is -0.703. The highest BCUT2D eigenvalue weighted by atomic mass is 16.5. The van der Waals surface area contributed by atoms with Gasteiger partial charge < -0.3 is 20.3 Å². The van der Waals surface area contributed by atoms with E-state index >= 15 is 0 Å². The molecule has 0 aromatic carbocycles. The molecule has 3 atom stereocenters. The van der Waals surface area contributed by atoms with Gasteiger partial charge in [0, 0.05) is 6.42 Å². The zero-order chi connectivity index (χ0) is 47.4. The van der Waals surface area contributed by atoms with E-state index in [1.807, 2.05) is 6.08 Å². The Morgan fingerprint density at radius 2 is 0.862 bits per heavy atom. The van der Waals surface area contributed by atoms with Crippen LogP contribution in [0.15, 0.2) is 109 Å². The number of hydrogen-bond donors (Lipinski definition) is 3. The minimum Gasteiger partial charge on any atom is -0.458 e. The molecule has 0 spiro atoms. The van der Waals surface area contributed by atoms with Gasteiger partial charge in [0.15, 0.2) is 0 Å². The highest BCUT2D eigenvalue weighted by Gasteiger charge is 2.23. The Hall–Kier alpha value is -3.48. The molecule has 0 heterocycles. The Bertz CT molecular complexity index is 1330. The fourth-order valence-corrected chi connectivity index (χ4v) is 7.32. The van der Waals surface area contributed by atoms with E-state index in [1.165, 1.54) is 103 Å². The number of carbonyl (C=O) groups excluding carboxylic acids is 2. The number of rotatable bonds is 46. The van der Waals surface area contributed by atoms with Crippen molar-refractivity contribution in [3.63, 3.8) is 0 Å². The van der Waals surface area contributed by atoms with Gasteiger partial charge in [-0.25, -0.2) is 0 Å². The highest BCUT2D eigenvalue weighted by molar-refractivity contribution is 5.78. The quantitative estimate of drug-likeness (QED) is 0.0321. The SMILES string of the molecule is CC/C=C/C/C=C/C/C=C/C/C=C/C/C=C/C(CC(=O)NC(CO)C(O)CCCCCCCCCCCCCCCCC)OC(=O)CCC/C=C\C/C=C\C/C=C\C/C=C\CCCCC. The predicted octanol–water partition coefficient (Wildman–Crippen LogP) is 16.3. The van der Waals surface area contributed by atoms with Crippen molar-refractivity contribution in [3.05, 3.63) is 109 Å². The average molecular weight is 902 g/mol. The van der Waals surface area contributed by atoms with Gasteiger partial charge in [-0.05, 0) is 89.5 Å². The zero-order valence-electron chi connectivity index (χ0n) is 42.1. The molecule has 0 aliphatic heterocycles. The molecule has 65 heavy (non-hydrogen) atoms. The van der Waals surface area contributed by atoms with Gasteiger partial charge >= 0.3 is 5.97 Å². The van der Waals surface area contributed by atoms with Crippen LogP contribution in [-0.2, 0) is 14.3 Å². The minimum absolute atomic E-state index is 0.0736. The summed E-state index contributed by atoms with van der Waals surface area (Å²) < 4.78 is 5.80. The van der Waals surface area contributed by atoms with Crippen LogP contribution < -0.4 is 5.32 Å². The Kier molecular flexibility index (Phi) is 48.7. The first kappa shape index (κ1) is 61.5. The van der Waals surface area contributed by atoms with Crippen LogP contribution in [0, 0.1) is 0 Å². The standard InChI is InChI=1S/C59H99NO5/c1-4-7-10-13-16-19-22-25-28-29-31-34-37-40-43-46-49-52-59(64)65-55(50-47-44-41-38-35-32-27-24-21-18-15-12-9-6-3)53-58(63)60-56(54-61)57(62)51-48-45-42-39-36-33-30-26-23-20-17-14-11-8-5-2/h9,12,16,18-19,21,25,27-28,31-32,34,38,40-41,43,47,50,55-57,61-62H,4-8,10-11,13-15,17,20,22-24,26,29-30,33,35-37,39,42,44-46,48-49,51-54H2,1-3H3,(H,60,63)/b12-9+,19-16-,21-18+,28-25-,32-27+,34-31-,41-38+,43-40-,50-47+. The van der Waals surface area contributed by atoms with Crippen LogP contribution in [0.1, 0.15) is 226 Å². The van der Waals surface area contributed by atoms with E-state index in [0.29, 0.717) is 19.3 Å². The number of aliphatic hydroxyl groups excluding tert-OH is 2. The number of esters is 1. The van der Waals surface area contributed by atoms with Crippen LogP contribution in [0.5, 0.6) is 0 Å². The molecule has 0 bridgehead atoms. The van der Waals surface area contributed by atoms with Gasteiger partial charge in [0.2, 0.25) is 5.91 Å². The van der Waals surface area contributed by atoms with Gasteiger partial charge in [-0.1, -0.05) is 233 Å². The molecule has 6 heteroatoms. The Morgan fingerprint density at radius 1 is 0.477 bits per heavy atom. The van der Waals surface area contributed by atoms with E-state index in [2.05, 4.69) is 123 Å². The normalized spacial score (nSPS) is 14.1. The topological polar surface area (TPSA) is 95.9 Å². The van der Waals surface area contributed by atoms with Crippen molar-refractivity contribution in [1.29, 1.82) is 0 Å². The van der Waals surface area contributed by atoms with Gasteiger partial charge in [-0.2, -0.15) is 0 Å². The van der Waals surface area contributed by atoms with Crippen molar-refractivity contribution in [2.45, 2.75) is 244 Å². The molecule has 370 valence electrons. The minimum atomic E-state index is -0.835. The molecule has 6 nitrogen and oxygen atoms in total. The van der Waals surface area contributed by atoms with Gasteiger partial charge in [-0.15, -0.1) is 0 Å². The molecule has 0 radical (unpaired) electrons. The Labute approximate surface area is 400 Å². The van der Waals surface area contributed by atoms with E-state index in [1.54, 1.807) is 6.08 Å². The van der Waals surface area contributed by atoms with Gasteiger partial charge in [0.05, 0.1) is 25.2 Å². The van der Waals surface area contributed by atoms with Gasteiger partial charge in [0.1, 0.15) is 6.10 Å². The van der Waals surface area contributed by atoms with Gasteiger partial charge in [-0.3, -0.25) is 9.59 Å². The van der Waals surface area contributed by atoms with Crippen molar-refractivity contribution in [1.82, 2.24) is 5.32 Å². The first-order valence-electron chi connectivity index (χ1n) is 26.6. The molecule has 3 N–H and O–H groups in total. The predicted molar refractivity (Wildman–Crippen MR) is 282 cm³/mol. The maximum atomic E-state index is 13.2. The Balaban J connectivity index is 4.80. The summed E-state index contributed by atoms with van der Waals surface area (Å²) in [5, 5.41) is 23.7. The van der Waals surface area contributed by atoms with Crippen LogP contribution in [0.3, 0.4) is 0 Å². The fraction of sp³-hybridized carbons (Fsp3) is 0.661. The summed E-state index contributed by atoms with van der Waals surface area (Å²) in [6, 6.07) is -0.760. The largest absolute Gasteiger partial charge is 0.458 e. The molecule has 0 fully saturated rings. The number of hydrogen-bond acceptors (Lipinski definition) is 5. The first-order valence-corrected chi connectivity index (χ1v) is 26.6. The van der Waals surface area contributed by atoms with Crippen molar-refractivity contribution in [3.8, 4) is 0 Å². The molecular formula is C59H99NO5. The third-order valence-electron chi connectivity index (χ3n) is 11.3. The number of unbranched alkanes of at least 4 members (excludes halogenated alkanes) is 18. The van der Waals surface area contributed by atoms with Crippen molar-refractivity contribution in [2.24, 2.45) is 0 Å². The summed E-state index contributed by atoms with van der Waals surface area (Å²) >= 11 is 0. The van der Waals surface area contributed by atoms with Crippen molar-refractivity contribution >= 4 is 11.9 Å². The number of ether oxygens (including phenoxy) is 1. The molecule has 0 rings (SSSR count). The molecule has 0 aliphatic rings. The van der Waals surface area contributed by atoms with E-state index in [4.69, 9.17) is 4.74 Å². The summed E-state index contributed by atoms with van der Waals surface area (Å²) in [6.45, 7) is 6.29. The molecular weight excluding hydrogens is 803 g/mol. The first-order chi connectivity index (χ1) is 32.0. The molecule has 0 aliphatic carbocycles. The lowest BCUT2D eigenvalue weighted by Crippen LogP contribution is -2.46. The second kappa shape index (κ2) is 51.5. The molecule has 0 aromatic rings. The van der Waals surface area contributed by atoms with Crippen LogP contribution in [-0.4, -0.2) is 46.9 Å². The number of nitrogens with one attached hydrogen (secondary N) is 1. The summed E-state index contributed by atoms with van der Waals surface area (Å²) in [5.41, 5.74) is 0. The number of allylic oxidation sites excluding steroid dienone is 17. The van der Waals surface area contributed by atoms with Crippen LogP contribution >= 0.6 is 0 Å². The summed E-state index contributed by atoms with van der Waals surface area (Å²) in [7, 11) is 0. The summed E-state index contributed by atoms with van der Waals surface area (Å²) in [4.78, 5) is 26.1. The highest BCUT2D eigenvalue weighted by Crippen LogP contribution is 2.15. The smallest absolute Gasteiger partial charge is 0.306 e. The Morgan fingerprint density at radius 3 is 1.31 bits per heavy atom. The summed E-state index contributed by atoms with van der Waals surface area (Å²) in [6.07, 6.45) is 70.4. The monoisotopic (exact) mass is 902 g/mol. The van der Waals surface area contributed by atoms with Crippen LogP contribution in [0.4, 0.5) is 0 Å². The molecule has 3 unspecified atom stereocenters. The van der Waals surface area contributed by atoms with Crippen LogP contribution in [0.2, 0.25) is 0 Å². The maximum Gasteiger partial charge on any atom is 0.306 e. The lowest BCUT2D eigenvalue weighted by Gasteiger charge is -2.23. The second-order valence-electron chi connectivity index (χ2n) is 17.5. The number of aliphatic hydroxyl groups is 2. The maximum absolute atomic E-state index is 13.2. The number of amides is 1. The van der Waals surface area contributed by atoms with E-state index in [0.717, 1.165) is 70.6 Å².